The minimum Gasteiger partial charge on any atom is -0.480 e. The normalized spacial score (nSPS) is 30.5. The summed E-state index contributed by atoms with van der Waals surface area (Å²) in [6.45, 7) is 9.96. The van der Waals surface area contributed by atoms with Gasteiger partial charge in [-0.2, -0.15) is 0 Å². The van der Waals surface area contributed by atoms with Crippen molar-refractivity contribution in [3.8, 4) is 0 Å². The number of β-lactam (4-membered cyclic amide) rings is 1. The molecule has 3 fully saturated rings. The van der Waals surface area contributed by atoms with Crippen molar-refractivity contribution in [3.63, 3.8) is 0 Å². The molecular formula is C18H29N3O6S. The fraction of sp³-hybridized carbons (Fsp3) is 0.833. The third-order valence-corrected chi connectivity index (χ3v) is 7.39. The first-order valence-corrected chi connectivity index (χ1v) is 10.6. The van der Waals surface area contributed by atoms with E-state index in [2.05, 4.69) is 4.90 Å². The molecule has 2 N–H and O–H groups in total. The van der Waals surface area contributed by atoms with E-state index in [1.165, 1.54) is 16.7 Å². The molecule has 0 aromatic carbocycles. The zero-order valence-electron chi connectivity index (χ0n) is 16.5. The Labute approximate surface area is 169 Å². The van der Waals surface area contributed by atoms with Crippen LogP contribution >= 0.6 is 11.8 Å². The van der Waals surface area contributed by atoms with Gasteiger partial charge in [0.25, 0.3) is 5.91 Å². The number of aliphatic carboxylic acids is 1. The smallest absolute Gasteiger partial charge is 0.327 e. The van der Waals surface area contributed by atoms with E-state index in [-0.39, 0.29) is 0 Å². The molecule has 3 aliphatic heterocycles. The van der Waals surface area contributed by atoms with Crippen LogP contribution in [0.15, 0.2) is 0 Å². The van der Waals surface area contributed by atoms with Gasteiger partial charge in [0.2, 0.25) is 5.91 Å². The van der Waals surface area contributed by atoms with Crippen molar-refractivity contribution in [3.05, 3.63) is 0 Å². The zero-order chi connectivity index (χ0) is 20.6. The van der Waals surface area contributed by atoms with Gasteiger partial charge in [0.1, 0.15) is 18.1 Å². The van der Waals surface area contributed by atoms with Gasteiger partial charge in [0.15, 0.2) is 0 Å². The summed E-state index contributed by atoms with van der Waals surface area (Å²) in [6, 6.07) is -0.947. The molecule has 0 aromatic heterocycles. The summed E-state index contributed by atoms with van der Waals surface area (Å²) in [5, 5.41) is 19.7. The van der Waals surface area contributed by atoms with E-state index in [0.29, 0.717) is 32.8 Å². The van der Waals surface area contributed by atoms with Crippen LogP contribution in [0.5, 0.6) is 0 Å². The van der Waals surface area contributed by atoms with E-state index in [9.17, 15) is 24.6 Å². The molecule has 158 valence electrons. The lowest BCUT2D eigenvalue weighted by Gasteiger charge is -2.45. The Morgan fingerprint density at radius 2 is 2.00 bits per heavy atom. The quantitative estimate of drug-likeness (QED) is 0.525. The first-order chi connectivity index (χ1) is 13.2. The molecule has 0 unspecified atom stereocenters. The van der Waals surface area contributed by atoms with Gasteiger partial charge in [-0.3, -0.25) is 14.5 Å². The van der Waals surface area contributed by atoms with Gasteiger partial charge < -0.3 is 24.7 Å². The average molecular weight is 416 g/mol. The van der Waals surface area contributed by atoms with E-state index >= 15 is 0 Å². The SMILES string of the molecule is CCN(CCN1CCOCC1)C(=O)[C@@H](O)[C@@H]1C(=O)N2[C@@H]1SC(C)(C)[C@@H]2C(=O)O. The molecule has 9 nitrogen and oxygen atoms in total. The zero-order valence-corrected chi connectivity index (χ0v) is 17.4. The third-order valence-electron chi connectivity index (χ3n) is 5.79. The number of hydrogen-bond donors (Lipinski definition) is 2. The number of nitrogens with zero attached hydrogens (tertiary/aromatic N) is 3. The number of rotatable bonds is 7. The van der Waals surface area contributed by atoms with Gasteiger partial charge in [-0.25, -0.2) is 4.79 Å². The number of hydrogen-bond acceptors (Lipinski definition) is 7. The standard InChI is InChI=1S/C18H29N3O6S/c1-4-20(6-5-19-7-9-27-10-8-19)15(24)12(22)11-14(23)21-13(17(25)26)18(2,3)28-16(11)21/h11-13,16,22H,4-10H2,1-3H3,(H,25,26)/t11-,12+,13+,16-/m1/s1. The molecule has 0 saturated carbocycles. The lowest BCUT2D eigenvalue weighted by molar-refractivity contribution is -0.173. The number of carbonyl (C=O) groups is 3. The van der Waals surface area contributed by atoms with Gasteiger partial charge >= 0.3 is 5.97 Å². The molecule has 0 aromatic rings. The Hall–Kier alpha value is -1.36. The summed E-state index contributed by atoms with van der Waals surface area (Å²) in [5.74, 6) is -2.88. The molecule has 0 spiro atoms. The van der Waals surface area contributed by atoms with Crippen molar-refractivity contribution in [2.75, 3.05) is 45.9 Å². The van der Waals surface area contributed by atoms with Gasteiger partial charge in [0.05, 0.1) is 18.6 Å². The summed E-state index contributed by atoms with van der Waals surface area (Å²) in [7, 11) is 0. The number of ether oxygens (including phenoxy) is 1. The highest BCUT2D eigenvalue weighted by Gasteiger charge is 2.66. The number of amides is 2. The topological polar surface area (TPSA) is 111 Å². The minimum absolute atomic E-state index is 0.436. The van der Waals surface area contributed by atoms with E-state index in [4.69, 9.17) is 4.74 Å². The molecule has 0 radical (unpaired) electrons. The molecule has 28 heavy (non-hydrogen) atoms. The predicted octanol–water partition coefficient (Wildman–Crippen LogP) is -0.709. The molecule has 3 saturated heterocycles. The maximum Gasteiger partial charge on any atom is 0.327 e. The van der Waals surface area contributed by atoms with Gasteiger partial charge in [-0.05, 0) is 20.8 Å². The summed E-state index contributed by atoms with van der Waals surface area (Å²) in [5.41, 5.74) is 0. The van der Waals surface area contributed by atoms with Crippen molar-refractivity contribution in [1.82, 2.24) is 14.7 Å². The van der Waals surface area contributed by atoms with Crippen LogP contribution in [0.25, 0.3) is 0 Å². The number of carbonyl (C=O) groups excluding carboxylic acids is 2. The number of aliphatic hydroxyl groups is 1. The molecule has 0 aliphatic carbocycles. The number of fused-ring (bicyclic) bond motifs is 1. The molecule has 3 rings (SSSR count). The highest BCUT2D eigenvalue weighted by molar-refractivity contribution is 8.01. The Kier molecular flexibility index (Phi) is 6.23. The summed E-state index contributed by atoms with van der Waals surface area (Å²) >= 11 is 1.34. The summed E-state index contributed by atoms with van der Waals surface area (Å²) in [4.78, 5) is 42.1. The molecule has 3 heterocycles. The molecular weight excluding hydrogens is 386 g/mol. The Morgan fingerprint density at radius 1 is 1.36 bits per heavy atom. The van der Waals surface area contributed by atoms with Gasteiger partial charge in [-0.1, -0.05) is 0 Å². The lowest BCUT2D eigenvalue weighted by Crippen LogP contribution is -2.67. The monoisotopic (exact) mass is 415 g/mol. The van der Waals surface area contributed by atoms with E-state index in [1.807, 2.05) is 6.92 Å². The number of aliphatic hydroxyl groups excluding tert-OH is 1. The van der Waals surface area contributed by atoms with E-state index in [0.717, 1.165) is 13.1 Å². The maximum absolute atomic E-state index is 12.8. The molecule has 2 amide bonds. The predicted molar refractivity (Wildman–Crippen MR) is 103 cm³/mol. The van der Waals surface area contributed by atoms with Crippen molar-refractivity contribution in [2.45, 2.75) is 43.0 Å². The molecule has 4 atom stereocenters. The molecule has 10 heteroatoms. The number of morpholine rings is 1. The van der Waals surface area contributed by atoms with Gasteiger partial charge in [0, 0.05) is 37.5 Å². The van der Waals surface area contributed by atoms with Crippen LogP contribution in [0.4, 0.5) is 0 Å². The van der Waals surface area contributed by atoms with Crippen molar-refractivity contribution >= 4 is 29.5 Å². The van der Waals surface area contributed by atoms with E-state index < -0.39 is 46.0 Å². The largest absolute Gasteiger partial charge is 0.480 e. The van der Waals surface area contributed by atoms with Gasteiger partial charge in [-0.15, -0.1) is 11.8 Å². The number of carboxylic acids is 1. The van der Waals surface area contributed by atoms with Crippen LogP contribution < -0.4 is 0 Å². The first-order valence-electron chi connectivity index (χ1n) is 9.68. The second-order valence-corrected chi connectivity index (χ2v) is 9.71. The Balaban J connectivity index is 1.62. The molecule has 3 aliphatic rings. The third kappa shape index (κ3) is 3.74. The van der Waals surface area contributed by atoms with Crippen LogP contribution in [0.2, 0.25) is 0 Å². The summed E-state index contributed by atoms with van der Waals surface area (Å²) in [6.07, 6.45) is -1.45. The average Bonchev–Trinajstić information content (AvgIpc) is 2.90. The van der Waals surface area contributed by atoms with Crippen molar-refractivity contribution in [1.29, 1.82) is 0 Å². The highest BCUT2D eigenvalue weighted by Crippen LogP contribution is 2.54. The van der Waals surface area contributed by atoms with Crippen LogP contribution in [0.1, 0.15) is 20.8 Å². The van der Waals surface area contributed by atoms with E-state index in [1.54, 1.807) is 18.7 Å². The van der Waals surface area contributed by atoms with Crippen molar-refractivity contribution < 1.29 is 29.3 Å². The number of thioether (sulfide) groups is 1. The fourth-order valence-corrected chi connectivity index (χ4v) is 5.90. The fourth-order valence-electron chi connectivity index (χ4n) is 4.18. The first kappa shape index (κ1) is 21.4. The molecule has 0 bridgehead atoms. The Morgan fingerprint density at radius 3 is 2.57 bits per heavy atom. The summed E-state index contributed by atoms with van der Waals surface area (Å²) < 4.78 is 4.64. The lowest BCUT2D eigenvalue weighted by atomic mass is 9.87. The highest BCUT2D eigenvalue weighted by atomic mass is 32.2. The number of carboxylic acid groups (broad SMARTS) is 1. The van der Waals surface area contributed by atoms with Crippen LogP contribution in [-0.2, 0) is 19.1 Å². The second kappa shape index (κ2) is 8.17. The second-order valence-electron chi connectivity index (χ2n) is 7.94. The minimum atomic E-state index is -1.45. The number of likely N-dealkylation sites (N-methyl/N-ethyl adjacent to an activating group) is 1. The van der Waals surface area contributed by atoms with Crippen LogP contribution in [-0.4, -0.2) is 111 Å². The maximum atomic E-state index is 12.8. The van der Waals surface area contributed by atoms with Crippen LogP contribution in [0.3, 0.4) is 0 Å². The van der Waals surface area contributed by atoms with Crippen LogP contribution in [0, 0.1) is 5.92 Å². The Bertz CT molecular complexity index is 639. The van der Waals surface area contributed by atoms with Crippen molar-refractivity contribution in [2.24, 2.45) is 5.92 Å².